The van der Waals surface area contributed by atoms with Crippen molar-refractivity contribution in [2.45, 2.75) is 72.1 Å². The van der Waals surface area contributed by atoms with Gasteiger partial charge in [-0.15, -0.1) is 22.7 Å². The van der Waals surface area contributed by atoms with Crippen LogP contribution in [0.25, 0.3) is 15.8 Å². The average Bonchev–Trinajstić information content (AvgIpc) is 3.35. The molecule has 1 aliphatic heterocycles. The molecule has 11 heteroatoms. The average molecular weight is 655 g/mol. The molecule has 0 atom stereocenters. The molecule has 1 aliphatic rings. The van der Waals surface area contributed by atoms with Gasteiger partial charge in [0.05, 0.1) is 26.9 Å². The van der Waals surface area contributed by atoms with E-state index in [9.17, 15) is 9.59 Å². The summed E-state index contributed by atoms with van der Waals surface area (Å²) in [7, 11) is 0. The van der Waals surface area contributed by atoms with E-state index in [4.69, 9.17) is 21.1 Å². The number of nitrogens with zero attached hydrogens (tertiary/aromatic N) is 3. The SMILES string of the molecule is CC(C)(C)OC(=O)N1CCC=C(c2sc3c(N(Cc4cccs4)C(=O)OC(C)(C)C)cc(Cl)nc3c2Br)CC1. The van der Waals surface area contributed by atoms with E-state index in [1.807, 2.05) is 59.1 Å². The Balaban J connectivity index is 1.70. The summed E-state index contributed by atoms with van der Waals surface area (Å²) in [6, 6.07) is 5.67. The Hall–Kier alpha value is -2.14. The number of carbonyl (C=O) groups excluding carboxylic acids is 2. The third-order valence-corrected chi connectivity index (χ3v) is 9.08. The molecule has 4 rings (SSSR count). The third-order valence-electron chi connectivity index (χ3n) is 5.72. The second-order valence-electron chi connectivity index (χ2n) is 11.3. The Bertz CT molecular complexity index is 1390. The van der Waals surface area contributed by atoms with Crippen LogP contribution >= 0.6 is 50.2 Å². The number of aromatic nitrogens is 1. The lowest BCUT2D eigenvalue weighted by Gasteiger charge is -2.27. The van der Waals surface area contributed by atoms with E-state index in [1.54, 1.807) is 38.5 Å². The van der Waals surface area contributed by atoms with E-state index in [0.717, 1.165) is 24.5 Å². The van der Waals surface area contributed by atoms with Crippen molar-refractivity contribution in [2.24, 2.45) is 0 Å². The molecule has 39 heavy (non-hydrogen) atoms. The lowest BCUT2D eigenvalue weighted by Crippen LogP contribution is -2.37. The zero-order valence-corrected chi connectivity index (χ0v) is 26.9. The molecule has 0 bridgehead atoms. The van der Waals surface area contributed by atoms with Gasteiger partial charge in [0.25, 0.3) is 0 Å². The van der Waals surface area contributed by atoms with Gasteiger partial charge in [-0.3, -0.25) is 4.90 Å². The first-order chi connectivity index (χ1) is 18.2. The maximum atomic E-state index is 13.5. The molecule has 7 nitrogen and oxygen atoms in total. The molecule has 0 fully saturated rings. The fourth-order valence-electron chi connectivity index (χ4n) is 4.10. The van der Waals surface area contributed by atoms with Crippen LogP contribution in [0.5, 0.6) is 0 Å². The molecule has 0 radical (unpaired) electrons. The van der Waals surface area contributed by atoms with Crippen molar-refractivity contribution in [3.63, 3.8) is 0 Å². The van der Waals surface area contributed by atoms with Crippen LogP contribution in [0.2, 0.25) is 5.15 Å². The number of pyridine rings is 1. The molecule has 3 aromatic heterocycles. The summed E-state index contributed by atoms with van der Waals surface area (Å²) in [5, 5.41) is 2.27. The van der Waals surface area contributed by atoms with E-state index < -0.39 is 17.3 Å². The number of thiophene rings is 2. The zero-order chi connectivity index (χ0) is 28.5. The molecular formula is C28H33BrClN3O4S2. The number of carbonyl (C=O) groups is 2. The normalized spacial score (nSPS) is 14.7. The highest BCUT2D eigenvalue weighted by atomic mass is 79.9. The van der Waals surface area contributed by atoms with Gasteiger partial charge >= 0.3 is 12.2 Å². The summed E-state index contributed by atoms with van der Waals surface area (Å²) >= 11 is 13.4. The van der Waals surface area contributed by atoms with Gasteiger partial charge in [0, 0.05) is 28.9 Å². The van der Waals surface area contributed by atoms with Crippen molar-refractivity contribution in [3.8, 4) is 0 Å². The summed E-state index contributed by atoms with van der Waals surface area (Å²) in [5.41, 5.74) is 1.24. The summed E-state index contributed by atoms with van der Waals surface area (Å²) in [6.07, 6.45) is 2.78. The third kappa shape index (κ3) is 7.54. The van der Waals surface area contributed by atoms with Crippen molar-refractivity contribution in [1.29, 1.82) is 0 Å². The Morgan fingerprint density at radius 1 is 1.15 bits per heavy atom. The second kappa shape index (κ2) is 11.8. The molecule has 0 aromatic carbocycles. The van der Waals surface area contributed by atoms with E-state index in [1.165, 1.54) is 0 Å². The molecular weight excluding hydrogens is 622 g/mol. The molecule has 0 saturated carbocycles. The lowest BCUT2D eigenvalue weighted by molar-refractivity contribution is 0.0260. The molecule has 0 N–H and O–H groups in total. The van der Waals surface area contributed by atoms with Crippen LogP contribution in [0, 0.1) is 0 Å². The Morgan fingerprint density at radius 2 is 1.87 bits per heavy atom. The molecule has 0 aliphatic carbocycles. The number of halogens is 2. The van der Waals surface area contributed by atoms with Gasteiger partial charge in [0.1, 0.15) is 16.4 Å². The first-order valence-corrected chi connectivity index (χ1v) is 15.6. The van der Waals surface area contributed by atoms with E-state index in [-0.39, 0.29) is 11.2 Å². The highest BCUT2D eigenvalue weighted by molar-refractivity contribution is 9.10. The van der Waals surface area contributed by atoms with Crippen molar-refractivity contribution < 1.29 is 19.1 Å². The maximum Gasteiger partial charge on any atom is 0.415 e. The monoisotopic (exact) mass is 653 g/mol. The van der Waals surface area contributed by atoms with Crippen LogP contribution in [0.4, 0.5) is 15.3 Å². The van der Waals surface area contributed by atoms with Gasteiger partial charge in [-0.2, -0.15) is 0 Å². The molecule has 3 aromatic rings. The number of rotatable bonds is 4. The summed E-state index contributed by atoms with van der Waals surface area (Å²) in [6.45, 7) is 12.6. The smallest absolute Gasteiger partial charge is 0.415 e. The largest absolute Gasteiger partial charge is 0.444 e. The van der Waals surface area contributed by atoms with Crippen molar-refractivity contribution in [2.75, 3.05) is 18.0 Å². The predicted molar refractivity (Wildman–Crippen MR) is 164 cm³/mol. The van der Waals surface area contributed by atoms with Crippen molar-refractivity contribution in [1.82, 2.24) is 9.88 Å². The van der Waals surface area contributed by atoms with Crippen LogP contribution in [0.15, 0.2) is 34.1 Å². The van der Waals surface area contributed by atoms with Crippen LogP contribution in [0.3, 0.4) is 0 Å². The molecule has 0 spiro atoms. The fraction of sp³-hybridized carbons (Fsp3) is 0.464. The van der Waals surface area contributed by atoms with Gasteiger partial charge in [-0.25, -0.2) is 14.6 Å². The minimum absolute atomic E-state index is 0.285. The van der Waals surface area contributed by atoms with Crippen molar-refractivity contribution >= 4 is 83.9 Å². The van der Waals surface area contributed by atoms with E-state index >= 15 is 0 Å². The van der Waals surface area contributed by atoms with Crippen LogP contribution in [0.1, 0.15) is 64.1 Å². The standard InChI is InChI=1S/C28H33BrClN3O4S2/c1-27(2,3)36-25(34)32-12-7-9-17(11-13-32)23-21(29)22-24(39-23)19(15-20(30)31-22)33(16-18-10-8-14-38-18)26(35)37-28(4,5)6/h8-10,14-15H,7,11-13,16H2,1-6H3. The minimum atomic E-state index is -0.660. The second-order valence-corrected chi connectivity index (χ2v) is 14.5. The Morgan fingerprint density at radius 3 is 2.51 bits per heavy atom. The maximum absolute atomic E-state index is 13.5. The minimum Gasteiger partial charge on any atom is -0.444 e. The van der Waals surface area contributed by atoms with Gasteiger partial charge in [-0.05, 0) is 87.3 Å². The van der Waals surface area contributed by atoms with E-state index in [2.05, 4.69) is 27.0 Å². The first-order valence-electron chi connectivity index (χ1n) is 12.7. The van der Waals surface area contributed by atoms with Gasteiger partial charge in [0.2, 0.25) is 0 Å². The Kier molecular flexibility index (Phi) is 9.00. The van der Waals surface area contributed by atoms with Gasteiger partial charge in [0.15, 0.2) is 0 Å². The van der Waals surface area contributed by atoms with Crippen molar-refractivity contribution in [3.05, 3.63) is 49.0 Å². The predicted octanol–water partition coefficient (Wildman–Crippen LogP) is 9.13. The highest BCUT2D eigenvalue weighted by Crippen LogP contribution is 2.45. The topological polar surface area (TPSA) is 72.0 Å². The fourth-order valence-corrected chi connectivity index (χ4v) is 7.12. The molecule has 0 unspecified atom stereocenters. The lowest BCUT2D eigenvalue weighted by atomic mass is 10.1. The van der Waals surface area contributed by atoms with Crippen LogP contribution in [-0.4, -0.2) is 46.4 Å². The summed E-state index contributed by atoms with van der Waals surface area (Å²) < 4.78 is 13.0. The van der Waals surface area contributed by atoms with Crippen LogP contribution < -0.4 is 4.90 Å². The molecule has 0 saturated heterocycles. The summed E-state index contributed by atoms with van der Waals surface area (Å²) in [4.78, 5) is 36.1. The molecule has 4 heterocycles. The quantitative estimate of drug-likeness (QED) is 0.263. The van der Waals surface area contributed by atoms with Gasteiger partial charge in [-0.1, -0.05) is 23.7 Å². The highest BCUT2D eigenvalue weighted by Gasteiger charge is 2.29. The number of hydrogen-bond donors (Lipinski definition) is 0. The number of hydrogen-bond acceptors (Lipinski definition) is 7. The number of amides is 2. The summed E-state index contributed by atoms with van der Waals surface area (Å²) in [5.74, 6) is 0. The zero-order valence-electron chi connectivity index (χ0n) is 23.0. The van der Waals surface area contributed by atoms with E-state index in [0.29, 0.717) is 43.7 Å². The Labute approximate surface area is 250 Å². The first kappa shape index (κ1) is 29.8. The number of ether oxygens (including phenoxy) is 2. The van der Waals surface area contributed by atoms with Gasteiger partial charge < -0.3 is 14.4 Å². The van der Waals surface area contributed by atoms with Crippen LogP contribution in [-0.2, 0) is 16.0 Å². The number of anilines is 1. The molecule has 2 amide bonds. The molecule has 210 valence electrons. The number of fused-ring (bicyclic) bond motifs is 1.